The topological polar surface area (TPSA) is 48.4 Å². The second-order valence-corrected chi connectivity index (χ2v) is 4.63. The number of nitrogens with zero attached hydrogens (tertiary/aromatic N) is 2. The lowest BCUT2D eigenvalue weighted by Gasteiger charge is -2.20. The Morgan fingerprint density at radius 3 is 2.67 bits per heavy atom. The molecule has 1 unspecified atom stereocenters. The smallest absolute Gasteiger partial charge is 0.0585 e. The highest BCUT2D eigenvalue weighted by Crippen LogP contribution is 2.00. The lowest BCUT2D eigenvalue weighted by Crippen LogP contribution is -2.36. The van der Waals surface area contributed by atoms with E-state index in [2.05, 4.69) is 41.3 Å². The predicted molar refractivity (Wildman–Crippen MR) is 74.6 cm³/mol. The van der Waals surface area contributed by atoms with E-state index in [1.807, 2.05) is 12.4 Å². The fourth-order valence-corrected chi connectivity index (χ4v) is 1.90. The van der Waals surface area contributed by atoms with Gasteiger partial charge in [-0.3, -0.25) is 4.98 Å². The maximum absolute atomic E-state index is 9.19. The van der Waals surface area contributed by atoms with E-state index in [4.69, 9.17) is 0 Å². The van der Waals surface area contributed by atoms with Crippen molar-refractivity contribution in [3.05, 3.63) is 30.1 Å². The number of aliphatic hydroxyl groups is 1. The van der Waals surface area contributed by atoms with Gasteiger partial charge in [0.15, 0.2) is 0 Å². The lowest BCUT2D eigenvalue weighted by molar-refractivity contribution is 0.219. The van der Waals surface area contributed by atoms with Crippen molar-refractivity contribution in [1.82, 2.24) is 15.2 Å². The maximum Gasteiger partial charge on any atom is 0.0585 e. The Balaban J connectivity index is 2.19. The van der Waals surface area contributed by atoms with Gasteiger partial charge in [0.25, 0.3) is 0 Å². The quantitative estimate of drug-likeness (QED) is 0.685. The molecule has 0 fully saturated rings. The Morgan fingerprint density at radius 1 is 1.33 bits per heavy atom. The molecular weight excluding hydrogens is 226 g/mol. The Bertz CT molecular complexity index is 305. The summed E-state index contributed by atoms with van der Waals surface area (Å²) in [4.78, 5) is 6.32. The van der Waals surface area contributed by atoms with Gasteiger partial charge >= 0.3 is 0 Å². The average molecular weight is 251 g/mol. The zero-order valence-corrected chi connectivity index (χ0v) is 11.5. The molecule has 1 rings (SSSR count). The largest absolute Gasteiger partial charge is 0.395 e. The van der Waals surface area contributed by atoms with Crippen LogP contribution in [-0.2, 0) is 6.42 Å². The molecular formula is C14H25N3O. The molecule has 0 aromatic carbocycles. The van der Waals surface area contributed by atoms with Crippen molar-refractivity contribution in [3.63, 3.8) is 0 Å². The molecule has 0 bridgehead atoms. The highest BCUT2D eigenvalue weighted by atomic mass is 16.3. The van der Waals surface area contributed by atoms with Crippen LogP contribution in [0.25, 0.3) is 0 Å². The molecule has 0 amide bonds. The monoisotopic (exact) mass is 251 g/mol. The normalized spacial score (nSPS) is 12.9. The Hall–Kier alpha value is -0.970. The highest BCUT2D eigenvalue weighted by molar-refractivity contribution is 5.09. The van der Waals surface area contributed by atoms with Gasteiger partial charge < -0.3 is 15.3 Å². The Morgan fingerprint density at radius 2 is 2.06 bits per heavy atom. The summed E-state index contributed by atoms with van der Waals surface area (Å²) in [5.41, 5.74) is 1.32. The van der Waals surface area contributed by atoms with Crippen LogP contribution in [0.3, 0.4) is 0 Å². The highest BCUT2D eigenvalue weighted by Gasteiger charge is 2.07. The third kappa shape index (κ3) is 6.10. The standard InChI is InChI=1S/C14H25N3O/c1-3-16-14(12-18)7-11-17(2)10-6-13-4-8-15-9-5-13/h4-5,8-9,14,16,18H,3,6-7,10-12H2,1-2H3. The fraction of sp³-hybridized carbons (Fsp3) is 0.643. The minimum absolute atomic E-state index is 0.214. The number of likely N-dealkylation sites (N-methyl/N-ethyl adjacent to an activating group) is 2. The van der Waals surface area contributed by atoms with Crippen LogP contribution in [0, 0.1) is 0 Å². The predicted octanol–water partition coefficient (Wildman–Crippen LogP) is 0.916. The van der Waals surface area contributed by atoms with Crippen molar-refractivity contribution in [2.75, 3.05) is 33.3 Å². The first-order valence-electron chi connectivity index (χ1n) is 6.68. The van der Waals surface area contributed by atoms with E-state index in [9.17, 15) is 5.11 Å². The molecule has 0 spiro atoms. The number of hydrogen-bond acceptors (Lipinski definition) is 4. The first-order valence-corrected chi connectivity index (χ1v) is 6.68. The molecule has 102 valence electrons. The van der Waals surface area contributed by atoms with Crippen LogP contribution in [0.15, 0.2) is 24.5 Å². The van der Waals surface area contributed by atoms with Gasteiger partial charge in [-0.05, 0) is 50.7 Å². The van der Waals surface area contributed by atoms with Gasteiger partial charge in [-0.15, -0.1) is 0 Å². The molecule has 1 atom stereocenters. The molecule has 0 aliphatic rings. The molecule has 0 radical (unpaired) electrons. The first kappa shape index (κ1) is 15.1. The summed E-state index contributed by atoms with van der Waals surface area (Å²) in [6.07, 6.45) is 5.70. The number of hydrogen-bond donors (Lipinski definition) is 2. The van der Waals surface area contributed by atoms with Gasteiger partial charge in [-0.2, -0.15) is 0 Å². The number of nitrogens with one attached hydrogen (secondary N) is 1. The Labute approximate surface area is 110 Å². The number of aromatic nitrogens is 1. The van der Waals surface area contributed by atoms with Crippen molar-refractivity contribution in [2.24, 2.45) is 0 Å². The molecule has 18 heavy (non-hydrogen) atoms. The summed E-state index contributed by atoms with van der Waals surface area (Å²) >= 11 is 0. The number of rotatable bonds is 9. The zero-order chi connectivity index (χ0) is 13.2. The third-order valence-electron chi connectivity index (χ3n) is 3.10. The van der Waals surface area contributed by atoms with Crippen molar-refractivity contribution >= 4 is 0 Å². The first-order chi connectivity index (χ1) is 8.76. The molecule has 4 nitrogen and oxygen atoms in total. The average Bonchev–Trinajstić information content (AvgIpc) is 2.42. The van der Waals surface area contributed by atoms with Crippen LogP contribution < -0.4 is 5.32 Å². The molecule has 2 N–H and O–H groups in total. The van der Waals surface area contributed by atoms with Gasteiger partial charge in [-0.25, -0.2) is 0 Å². The Kier molecular flexibility index (Phi) is 7.57. The van der Waals surface area contributed by atoms with E-state index >= 15 is 0 Å². The summed E-state index contributed by atoms with van der Waals surface area (Å²) in [5.74, 6) is 0. The van der Waals surface area contributed by atoms with Crippen molar-refractivity contribution in [2.45, 2.75) is 25.8 Å². The van der Waals surface area contributed by atoms with E-state index in [1.54, 1.807) is 0 Å². The summed E-state index contributed by atoms with van der Waals surface area (Å²) in [5, 5.41) is 12.5. The van der Waals surface area contributed by atoms with E-state index in [0.29, 0.717) is 0 Å². The molecule has 1 aromatic heterocycles. The van der Waals surface area contributed by atoms with E-state index < -0.39 is 0 Å². The summed E-state index contributed by atoms with van der Waals surface area (Å²) in [6.45, 7) is 5.23. The third-order valence-corrected chi connectivity index (χ3v) is 3.10. The van der Waals surface area contributed by atoms with Gasteiger partial charge in [0, 0.05) is 25.0 Å². The van der Waals surface area contributed by atoms with Gasteiger partial charge in [-0.1, -0.05) is 6.92 Å². The molecule has 4 heteroatoms. The molecule has 0 saturated carbocycles. The second kappa shape index (κ2) is 9.03. The van der Waals surface area contributed by atoms with E-state index in [0.717, 1.165) is 32.5 Å². The van der Waals surface area contributed by atoms with E-state index in [-0.39, 0.29) is 12.6 Å². The second-order valence-electron chi connectivity index (χ2n) is 4.63. The maximum atomic E-state index is 9.19. The van der Waals surface area contributed by atoms with Crippen molar-refractivity contribution in [3.8, 4) is 0 Å². The van der Waals surface area contributed by atoms with Gasteiger partial charge in [0.05, 0.1) is 6.61 Å². The molecule has 1 heterocycles. The van der Waals surface area contributed by atoms with Crippen molar-refractivity contribution < 1.29 is 5.11 Å². The van der Waals surface area contributed by atoms with Crippen LogP contribution >= 0.6 is 0 Å². The molecule has 0 aliphatic carbocycles. The van der Waals surface area contributed by atoms with Gasteiger partial charge in [0.1, 0.15) is 0 Å². The number of aliphatic hydroxyl groups excluding tert-OH is 1. The molecule has 0 saturated heterocycles. The zero-order valence-electron chi connectivity index (χ0n) is 11.5. The fourth-order valence-electron chi connectivity index (χ4n) is 1.90. The van der Waals surface area contributed by atoms with Crippen LogP contribution in [0.4, 0.5) is 0 Å². The minimum atomic E-state index is 0.214. The summed E-state index contributed by atoms with van der Waals surface area (Å²) in [6, 6.07) is 4.34. The minimum Gasteiger partial charge on any atom is -0.395 e. The number of pyridine rings is 1. The molecule has 1 aromatic rings. The van der Waals surface area contributed by atoms with Crippen molar-refractivity contribution in [1.29, 1.82) is 0 Å². The SMILES string of the molecule is CCNC(CO)CCN(C)CCc1ccncc1. The van der Waals surface area contributed by atoms with E-state index in [1.165, 1.54) is 5.56 Å². The van der Waals surface area contributed by atoms with Gasteiger partial charge in [0.2, 0.25) is 0 Å². The van der Waals surface area contributed by atoms with Crippen LogP contribution in [0.1, 0.15) is 18.9 Å². The van der Waals surface area contributed by atoms with Crippen LogP contribution in [0.2, 0.25) is 0 Å². The molecule has 0 aliphatic heterocycles. The van der Waals surface area contributed by atoms with Crippen LogP contribution in [-0.4, -0.2) is 54.3 Å². The summed E-state index contributed by atoms with van der Waals surface area (Å²) in [7, 11) is 2.13. The lowest BCUT2D eigenvalue weighted by atomic mass is 10.1. The van der Waals surface area contributed by atoms with Crippen LogP contribution in [0.5, 0.6) is 0 Å². The summed E-state index contributed by atoms with van der Waals surface area (Å²) < 4.78 is 0.